The van der Waals surface area contributed by atoms with Crippen LogP contribution in [-0.2, 0) is 0 Å². The quantitative estimate of drug-likeness (QED) is 0.215. The standard InChI is InChI=1S/C26H24N6O.C12H24N2.C2H6/c1-17-22(25(27)31-16-30-17)24(28-2)20-10-8-19(9-11-20)23(18-6-4-3-5-7-18)32-26(33)21-12-14-29-15-13-21;1-11-3-5-12(6-4-11)14-9-7-13(2)8-10-14;1-2/h3-16,23H,1-2H3,(H,32,33)(H2,27,30,31);11-12H,3-10H2,1-2H3;1-2H3. The summed E-state index contributed by atoms with van der Waals surface area (Å²) >= 11 is 0. The number of nitrogens with two attached hydrogens (primary N) is 1. The molecule has 260 valence electrons. The van der Waals surface area contributed by atoms with Gasteiger partial charge in [0.1, 0.15) is 12.1 Å². The monoisotopic (exact) mass is 662 g/mol. The molecule has 2 aromatic carbocycles. The highest BCUT2D eigenvalue weighted by molar-refractivity contribution is 6.15. The predicted octanol–water partition coefficient (Wildman–Crippen LogP) is 6.59. The Labute approximate surface area is 293 Å². The highest BCUT2D eigenvalue weighted by Crippen LogP contribution is 2.28. The summed E-state index contributed by atoms with van der Waals surface area (Å²) in [7, 11) is 3.96. The van der Waals surface area contributed by atoms with Crippen LogP contribution in [0.15, 0.2) is 90.4 Å². The van der Waals surface area contributed by atoms with Crippen molar-refractivity contribution >= 4 is 17.4 Å². The molecule has 3 heterocycles. The SMILES string of the molecule is CC.CC1CCC(N2CCN(C)CC2)CC1.CN=C(c1ccc(C(NC(=O)c2ccncc2)c2ccccc2)cc1)c1c(C)ncnc1N. The second kappa shape index (κ2) is 18.9. The number of carbonyl (C=O) groups excluding carboxylic acids is 1. The highest BCUT2D eigenvalue weighted by atomic mass is 16.1. The number of anilines is 1. The minimum Gasteiger partial charge on any atom is -0.383 e. The molecule has 1 aliphatic heterocycles. The van der Waals surface area contributed by atoms with Crippen LogP contribution in [0, 0.1) is 12.8 Å². The maximum atomic E-state index is 12.9. The van der Waals surface area contributed by atoms with Gasteiger partial charge in [-0.3, -0.25) is 19.7 Å². The number of benzene rings is 2. The molecular formula is C40H54N8O. The summed E-state index contributed by atoms with van der Waals surface area (Å²) in [6, 6.07) is 21.7. The number of aliphatic imine (C=N–C) groups is 1. The first-order valence-corrected chi connectivity index (χ1v) is 17.7. The smallest absolute Gasteiger partial charge is 0.252 e. The number of carbonyl (C=O) groups is 1. The van der Waals surface area contributed by atoms with E-state index in [0.29, 0.717) is 17.1 Å². The fourth-order valence-electron chi connectivity index (χ4n) is 6.52. The van der Waals surface area contributed by atoms with Crippen molar-refractivity contribution in [2.45, 2.75) is 65.5 Å². The number of amides is 1. The van der Waals surface area contributed by atoms with E-state index in [9.17, 15) is 4.79 Å². The molecule has 3 N–H and O–H groups in total. The van der Waals surface area contributed by atoms with Crippen molar-refractivity contribution in [2.24, 2.45) is 10.9 Å². The Morgan fingerprint density at radius 3 is 2.06 bits per heavy atom. The van der Waals surface area contributed by atoms with Gasteiger partial charge in [-0.25, -0.2) is 9.97 Å². The highest BCUT2D eigenvalue weighted by Gasteiger charge is 2.26. The van der Waals surface area contributed by atoms with Crippen molar-refractivity contribution in [1.29, 1.82) is 0 Å². The minimum atomic E-state index is -0.324. The number of nitrogen functional groups attached to an aromatic ring is 1. The molecule has 2 aromatic heterocycles. The van der Waals surface area contributed by atoms with E-state index in [1.54, 1.807) is 31.6 Å². The van der Waals surface area contributed by atoms with E-state index in [1.165, 1.54) is 58.2 Å². The van der Waals surface area contributed by atoms with Crippen molar-refractivity contribution in [3.63, 3.8) is 0 Å². The van der Waals surface area contributed by atoms with Gasteiger partial charge in [-0.1, -0.05) is 75.4 Å². The van der Waals surface area contributed by atoms with Crippen molar-refractivity contribution in [1.82, 2.24) is 30.1 Å². The van der Waals surface area contributed by atoms with Gasteiger partial charge in [0, 0.05) is 62.8 Å². The number of pyridine rings is 1. The second-order valence-corrected chi connectivity index (χ2v) is 12.7. The van der Waals surface area contributed by atoms with Gasteiger partial charge >= 0.3 is 0 Å². The molecule has 0 bridgehead atoms. The summed E-state index contributed by atoms with van der Waals surface area (Å²) in [5, 5.41) is 3.14. The Hall–Kier alpha value is -4.47. The van der Waals surface area contributed by atoms with Crippen molar-refractivity contribution in [3.05, 3.63) is 119 Å². The molecule has 1 saturated carbocycles. The molecule has 6 rings (SSSR count). The molecule has 1 saturated heterocycles. The van der Waals surface area contributed by atoms with Crippen LogP contribution in [0.1, 0.15) is 90.8 Å². The molecule has 49 heavy (non-hydrogen) atoms. The zero-order chi connectivity index (χ0) is 35.2. The number of hydrogen-bond donors (Lipinski definition) is 2. The Morgan fingerprint density at radius 1 is 0.857 bits per heavy atom. The van der Waals surface area contributed by atoms with E-state index in [1.807, 2.05) is 75.4 Å². The lowest BCUT2D eigenvalue weighted by molar-refractivity contribution is 0.0832. The minimum absolute atomic E-state index is 0.170. The van der Waals surface area contributed by atoms with Crippen LogP contribution in [0.2, 0.25) is 0 Å². The fraction of sp³-hybridized carbons (Fsp3) is 0.425. The molecule has 1 aliphatic carbocycles. The Bertz CT molecular complexity index is 1550. The molecule has 1 unspecified atom stereocenters. The first-order chi connectivity index (χ1) is 23.8. The van der Waals surface area contributed by atoms with Crippen LogP contribution in [0.4, 0.5) is 5.82 Å². The molecule has 1 atom stereocenters. The third-order valence-corrected chi connectivity index (χ3v) is 9.43. The fourth-order valence-corrected chi connectivity index (χ4v) is 6.52. The Balaban J connectivity index is 0.000000281. The molecule has 9 nitrogen and oxygen atoms in total. The van der Waals surface area contributed by atoms with E-state index < -0.39 is 0 Å². The summed E-state index contributed by atoms with van der Waals surface area (Å²) < 4.78 is 0. The summed E-state index contributed by atoms with van der Waals surface area (Å²) in [6.07, 6.45) is 10.5. The number of aryl methyl sites for hydroxylation is 1. The summed E-state index contributed by atoms with van der Waals surface area (Å²) in [5.41, 5.74) is 11.7. The molecule has 2 fully saturated rings. The molecule has 0 radical (unpaired) electrons. The molecular weight excluding hydrogens is 608 g/mol. The number of nitrogens with zero attached hydrogens (tertiary/aromatic N) is 6. The normalized spacial score (nSPS) is 19.0. The average molecular weight is 663 g/mol. The summed E-state index contributed by atoms with van der Waals surface area (Å²) in [4.78, 5) is 34.9. The van der Waals surface area contributed by atoms with E-state index >= 15 is 0 Å². The first-order valence-electron chi connectivity index (χ1n) is 17.7. The first kappa shape index (κ1) is 37.4. The molecule has 4 aromatic rings. The predicted molar refractivity (Wildman–Crippen MR) is 201 cm³/mol. The summed E-state index contributed by atoms with van der Waals surface area (Å²) in [5.74, 6) is 1.20. The van der Waals surface area contributed by atoms with Gasteiger partial charge in [0.15, 0.2) is 0 Å². The second-order valence-electron chi connectivity index (χ2n) is 12.7. The Morgan fingerprint density at radius 2 is 1.47 bits per heavy atom. The van der Waals surface area contributed by atoms with Gasteiger partial charge in [-0.05, 0) is 68.8 Å². The van der Waals surface area contributed by atoms with Crippen LogP contribution in [0.3, 0.4) is 0 Å². The molecule has 0 spiro atoms. The van der Waals surface area contributed by atoms with E-state index in [2.05, 4.69) is 49.0 Å². The van der Waals surface area contributed by atoms with Gasteiger partial charge in [0.05, 0.1) is 23.0 Å². The molecule has 1 amide bonds. The number of likely N-dealkylation sites (N-methyl/N-ethyl adjacent to an activating group) is 1. The van der Waals surface area contributed by atoms with Crippen molar-refractivity contribution in [2.75, 3.05) is 46.0 Å². The van der Waals surface area contributed by atoms with Crippen LogP contribution in [0.5, 0.6) is 0 Å². The zero-order valence-corrected chi connectivity index (χ0v) is 30.1. The third kappa shape index (κ3) is 10.3. The number of rotatable bonds is 7. The summed E-state index contributed by atoms with van der Waals surface area (Å²) in [6.45, 7) is 13.4. The molecule has 9 heteroatoms. The Kier molecular flexibility index (Phi) is 14.4. The van der Waals surface area contributed by atoms with Crippen LogP contribution < -0.4 is 11.1 Å². The maximum absolute atomic E-state index is 12.9. The van der Waals surface area contributed by atoms with Gasteiger partial charge in [0.25, 0.3) is 5.91 Å². The number of aromatic nitrogens is 3. The topological polar surface area (TPSA) is 113 Å². The average Bonchev–Trinajstić information content (AvgIpc) is 3.15. The van der Waals surface area contributed by atoms with Crippen LogP contribution in [-0.4, -0.2) is 82.7 Å². The number of hydrogen-bond acceptors (Lipinski definition) is 8. The van der Waals surface area contributed by atoms with E-state index in [-0.39, 0.29) is 11.9 Å². The maximum Gasteiger partial charge on any atom is 0.252 e. The van der Waals surface area contributed by atoms with Gasteiger partial charge in [-0.15, -0.1) is 0 Å². The lowest BCUT2D eigenvalue weighted by Gasteiger charge is -2.40. The number of nitrogens with one attached hydrogen (secondary N) is 1. The van der Waals surface area contributed by atoms with Crippen molar-refractivity contribution in [3.8, 4) is 0 Å². The lowest BCUT2D eigenvalue weighted by Crippen LogP contribution is -2.49. The van der Waals surface area contributed by atoms with Crippen LogP contribution in [0.25, 0.3) is 0 Å². The van der Waals surface area contributed by atoms with Crippen molar-refractivity contribution < 1.29 is 4.79 Å². The third-order valence-electron chi connectivity index (χ3n) is 9.43. The lowest BCUT2D eigenvalue weighted by atomic mass is 9.86. The number of piperazine rings is 1. The van der Waals surface area contributed by atoms with E-state index in [4.69, 9.17) is 5.73 Å². The van der Waals surface area contributed by atoms with Crippen LogP contribution >= 0.6 is 0 Å². The largest absolute Gasteiger partial charge is 0.383 e. The van der Waals surface area contributed by atoms with Gasteiger partial charge < -0.3 is 16.0 Å². The zero-order valence-electron chi connectivity index (χ0n) is 30.1. The molecule has 2 aliphatic rings. The van der Waals surface area contributed by atoms with E-state index in [0.717, 1.165) is 39.9 Å². The van der Waals surface area contributed by atoms with Gasteiger partial charge in [0.2, 0.25) is 0 Å². The van der Waals surface area contributed by atoms with Gasteiger partial charge in [-0.2, -0.15) is 0 Å².